The predicted octanol–water partition coefficient (Wildman–Crippen LogP) is 13.0. The fraction of sp³-hybridized carbons (Fsp3) is 0.455. The second-order valence-electron chi connectivity index (χ2n) is 18.0. The molecule has 0 aliphatic carbocycles. The summed E-state index contributed by atoms with van der Waals surface area (Å²) >= 11 is 6.12. The highest BCUT2D eigenvalue weighted by atomic mass is 32.2. The minimum atomic E-state index is -0.196. The number of ether oxygens (including phenoxy) is 3. The van der Waals surface area contributed by atoms with Gasteiger partial charge in [0.2, 0.25) is 0 Å². The van der Waals surface area contributed by atoms with Crippen molar-refractivity contribution in [2.75, 3.05) is 26.4 Å². The number of benzene rings is 4. The van der Waals surface area contributed by atoms with Crippen molar-refractivity contribution in [1.29, 1.82) is 0 Å². The molecule has 53 heavy (non-hydrogen) atoms. The number of hydrogen-bond donors (Lipinski definition) is 2. The van der Waals surface area contributed by atoms with E-state index in [1.807, 2.05) is 0 Å². The third-order valence-electron chi connectivity index (χ3n) is 9.41. The minimum Gasteiger partial charge on any atom is -0.506 e. The van der Waals surface area contributed by atoms with E-state index >= 15 is 0 Å². The van der Waals surface area contributed by atoms with Crippen LogP contribution in [0.1, 0.15) is 105 Å². The van der Waals surface area contributed by atoms with E-state index in [0.717, 1.165) is 52.0 Å². The van der Waals surface area contributed by atoms with Gasteiger partial charge in [-0.05, 0) is 92.4 Å². The second-order valence-corrected chi connectivity index (χ2v) is 22.3. The van der Waals surface area contributed by atoms with Gasteiger partial charge in [0.15, 0.2) is 0 Å². The van der Waals surface area contributed by atoms with E-state index < -0.39 is 0 Å². The predicted molar refractivity (Wildman–Crippen MR) is 222 cm³/mol. The Bertz CT molecular complexity index is 1880. The van der Waals surface area contributed by atoms with Crippen molar-refractivity contribution in [1.82, 2.24) is 0 Å². The molecule has 0 saturated heterocycles. The van der Waals surface area contributed by atoms with Crippen LogP contribution in [-0.4, -0.2) is 36.6 Å². The van der Waals surface area contributed by atoms with Gasteiger partial charge in [-0.1, -0.05) is 130 Å². The average Bonchev–Trinajstić information content (AvgIpc) is 3.02. The Kier molecular flexibility index (Phi) is 11.2. The van der Waals surface area contributed by atoms with Crippen LogP contribution in [0.25, 0.3) is 0 Å². The number of phenols is 2. The fourth-order valence-corrected chi connectivity index (χ4v) is 10.5. The molecule has 6 rings (SSSR count). The molecule has 0 unspecified atom stereocenters. The Hall–Kier alpha value is -2.56. The number of rotatable bonds is 0. The van der Waals surface area contributed by atoms with Crippen LogP contribution < -0.4 is 9.47 Å². The lowest BCUT2D eigenvalue weighted by Crippen LogP contribution is -2.16. The monoisotopic (exact) mass is 790 g/mol. The summed E-state index contributed by atoms with van der Waals surface area (Å²) in [7, 11) is 0. The number of phenolic OH excluding ortho intramolecular Hbond substituents is 2. The van der Waals surface area contributed by atoms with E-state index in [0.29, 0.717) is 36.2 Å². The Morgan fingerprint density at radius 3 is 0.868 bits per heavy atom. The molecule has 284 valence electrons. The summed E-state index contributed by atoms with van der Waals surface area (Å²) in [5.41, 5.74) is 3.80. The molecule has 9 heteroatoms. The van der Waals surface area contributed by atoms with Crippen molar-refractivity contribution < 1.29 is 24.4 Å². The zero-order chi connectivity index (χ0) is 38.7. The van der Waals surface area contributed by atoms with Crippen molar-refractivity contribution in [3.05, 3.63) is 70.8 Å². The summed E-state index contributed by atoms with van der Waals surface area (Å²) in [6.45, 7) is 28.1. The Labute approximate surface area is 333 Å². The van der Waals surface area contributed by atoms with Gasteiger partial charge in [-0.15, -0.1) is 0 Å². The van der Waals surface area contributed by atoms with E-state index in [-0.39, 0.29) is 33.2 Å². The maximum Gasteiger partial charge on any atom is 0.147 e. The zero-order valence-corrected chi connectivity index (χ0v) is 36.5. The van der Waals surface area contributed by atoms with Crippen LogP contribution in [0.4, 0.5) is 0 Å². The van der Waals surface area contributed by atoms with Crippen molar-refractivity contribution in [2.45, 2.75) is 144 Å². The van der Waals surface area contributed by atoms with Gasteiger partial charge < -0.3 is 24.4 Å². The first-order valence-electron chi connectivity index (χ1n) is 18.3. The van der Waals surface area contributed by atoms with Crippen LogP contribution in [-0.2, 0) is 26.4 Å². The summed E-state index contributed by atoms with van der Waals surface area (Å²) in [4.78, 5) is 6.64. The maximum absolute atomic E-state index is 12.1. The Balaban J connectivity index is 1.75. The van der Waals surface area contributed by atoms with Gasteiger partial charge in [-0.25, -0.2) is 0 Å². The van der Waals surface area contributed by atoms with Crippen LogP contribution in [0.2, 0.25) is 0 Å². The smallest absolute Gasteiger partial charge is 0.147 e. The first-order chi connectivity index (χ1) is 24.6. The Morgan fingerprint density at radius 2 is 0.604 bits per heavy atom. The molecule has 0 amide bonds. The van der Waals surface area contributed by atoms with E-state index in [4.69, 9.17) is 14.2 Å². The SMILES string of the molecule is CC(C)(C)c1cc2c(O)c(c1)Sc1cc(C(C)(C)C)cc3c1OCCOCCOc1c(cc(C(C)(C)C)cc1S3)Sc1cc(C(C)(C)C)cc(c1O)S2. The highest BCUT2D eigenvalue weighted by molar-refractivity contribution is 8.01. The van der Waals surface area contributed by atoms with Gasteiger partial charge in [0.1, 0.15) is 36.2 Å². The van der Waals surface area contributed by atoms with E-state index in [9.17, 15) is 10.2 Å². The summed E-state index contributed by atoms with van der Waals surface area (Å²) in [6, 6.07) is 17.3. The third-order valence-corrected chi connectivity index (χ3v) is 13.6. The third kappa shape index (κ3) is 8.96. The molecule has 2 N–H and O–H groups in total. The molecule has 2 aliphatic heterocycles. The second kappa shape index (κ2) is 14.8. The molecule has 10 bridgehead atoms. The molecular weight excluding hydrogens is 737 g/mol. The molecule has 0 spiro atoms. The topological polar surface area (TPSA) is 68.2 Å². The van der Waals surface area contributed by atoms with Crippen LogP contribution >= 0.6 is 47.0 Å². The van der Waals surface area contributed by atoms with Crippen molar-refractivity contribution in [2.24, 2.45) is 0 Å². The molecule has 4 aromatic carbocycles. The fourth-order valence-electron chi connectivity index (χ4n) is 5.93. The normalized spacial score (nSPS) is 15.7. The Morgan fingerprint density at radius 1 is 0.377 bits per heavy atom. The van der Waals surface area contributed by atoms with Gasteiger partial charge >= 0.3 is 0 Å². The largest absolute Gasteiger partial charge is 0.506 e. The summed E-state index contributed by atoms with van der Waals surface area (Å²) in [6.07, 6.45) is 0. The lowest BCUT2D eigenvalue weighted by atomic mass is 9.87. The highest BCUT2D eigenvalue weighted by Gasteiger charge is 2.29. The average molecular weight is 791 g/mol. The standard InChI is InChI=1S/C44H54O5S4/c1-41(2,3)25-17-29-37(45)31(19-25)51-33-21-27(43(7,8)9)23-35-39(33)48-15-13-47-14-16-49-40-34(22-28(44(10,11)12)24-36(40)53-35)52-32-20-26(42(4,5)6)18-30(50-29)38(32)46/h17-24,45-46H,13-16H2,1-12H3. The molecule has 0 radical (unpaired) electrons. The van der Waals surface area contributed by atoms with Gasteiger partial charge in [-0.3, -0.25) is 0 Å². The highest BCUT2D eigenvalue weighted by Crippen LogP contribution is 2.56. The van der Waals surface area contributed by atoms with E-state index in [2.05, 4.69) is 132 Å². The molecule has 4 aromatic rings. The van der Waals surface area contributed by atoms with Crippen LogP contribution in [0.5, 0.6) is 23.0 Å². The first kappa shape index (κ1) is 40.1. The van der Waals surface area contributed by atoms with Crippen LogP contribution in [0.15, 0.2) is 87.7 Å². The van der Waals surface area contributed by atoms with Gasteiger partial charge in [-0.2, -0.15) is 0 Å². The van der Waals surface area contributed by atoms with E-state index in [1.165, 1.54) is 46.4 Å². The number of hydrogen-bond acceptors (Lipinski definition) is 9. The van der Waals surface area contributed by atoms with Crippen LogP contribution in [0, 0.1) is 0 Å². The number of aromatic hydroxyl groups is 2. The van der Waals surface area contributed by atoms with Gasteiger partial charge in [0.25, 0.3) is 0 Å². The molecule has 5 nitrogen and oxygen atoms in total. The lowest BCUT2D eigenvalue weighted by Gasteiger charge is -2.28. The molecule has 0 fully saturated rings. The first-order valence-corrected chi connectivity index (χ1v) is 21.5. The summed E-state index contributed by atoms with van der Waals surface area (Å²) in [5.74, 6) is 1.89. The van der Waals surface area contributed by atoms with Crippen molar-refractivity contribution in [3.63, 3.8) is 0 Å². The minimum absolute atomic E-state index is 0.159. The van der Waals surface area contributed by atoms with Crippen molar-refractivity contribution in [3.8, 4) is 23.0 Å². The molecule has 2 heterocycles. The maximum atomic E-state index is 12.1. The van der Waals surface area contributed by atoms with E-state index in [1.54, 1.807) is 11.8 Å². The molecule has 0 saturated carbocycles. The zero-order valence-electron chi connectivity index (χ0n) is 33.2. The lowest BCUT2D eigenvalue weighted by molar-refractivity contribution is 0.0734. The van der Waals surface area contributed by atoms with Gasteiger partial charge in [0.05, 0.1) is 52.4 Å². The van der Waals surface area contributed by atoms with Crippen LogP contribution in [0.3, 0.4) is 0 Å². The summed E-state index contributed by atoms with van der Waals surface area (Å²) < 4.78 is 19.4. The molecule has 2 aliphatic rings. The molecule has 0 atom stereocenters. The van der Waals surface area contributed by atoms with Gasteiger partial charge in [0, 0.05) is 0 Å². The molecule has 0 aromatic heterocycles. The molecular formula is C44H54O5S4. The van der Waals surface area contributed by atoms with Crippen molar-refractivity contribution >= 4 is 47.0 Å². The number of fused-ring (bicyclic) bond motifs is 4. The summed E-state index contributed by atoms with van der Waals surface area (Å²) in [5, 5.41) is 24.3. The quantitative estimate of drug-likeness (QED) is 0.160.